The molecule has 0 spiro atoms. The number of halogens is 3. The van der Waals surface area contributed by atoms with Crippen LogP contribution >= 0.6 is 0 Å². The highest BCUT2D eigenvalue weighted by Gasteiger charge is 2.30. The van der Waals surface area contributed by atoms with E-state index in [2.05, 4.69) is 11.8 Å². The Morgan fingerprint density at radius 3 is 2.47 bits per heavy atom. The van der Waals surface area contributed by atoms with E-state index >= 15 is 0 Å². The van der Waals surface area contributed by atoms with Crippen molar-refractivity contribution in [3.63, 3.8) is 0 Å². The van der Waals surface area contributed by atoms with Crippen LogP contribution in [0.4, 0.5) is 13.2 Å². The molecule has 1 nitrogen and oxygen atoms in total. The number of hydrogen-bond acceptors (Lipinski definition) is 1. The van der Waals surface area contributed by atoms with Gasteiger partial charge in [-0.15, -0.1) is 0 Å². The Balaban J connectivity index is 3.14. The highest BCUT2D eigenvalue weighted by Crippen LogP contribution is 2.30. The predicted molar refractivity (Wildman–Crippen MR) is 49.1 cm³/mol. The topological polar surface area (TPSA) is 17.1 Å². The molecule has 0 aliphatic carbocycles. The second kappa shape index (κ2) is 4.18. The van der Waals surface area contributed by atoms with Gasteiger partial charge in [0.25, 0.3) is 0 Å². The summed E-state index contributed by atoms with van der Waals surface area (Å²) in [5.74, 6) is 4.61. The van der Waals surface area contributed by atoms with E-state index < -0.39 is 11.7 Å². The molecule has 0 saturated heterocycles. The molecule has 0 N–H and O–H groups in total. The third-order valence-corrected chi connectivity index (χ3v) is 1.82. The fourth-order valence-electron chi connectivity index (χ4n) is 1.09. The first-order valence-electron chi connectivity index (χ1n) is 4.08. The van der Waals surface area contributed by atoms with E-state index in [0.29, 0.717) is 17.4 Å². The third kappa shape index (κ3) is 2.84. The number of aryl methyl sites for hydroxylation is 1. The number of benzene rings is 1. The molecule has 0 aromatic heterocycles. The molecule has 0 heterocycles. The lowest BCUT2D eigenvalue weighted by atomic mass is 10.1. The van der Waals surface area contributed by atoms with Gasteiger partial charge >= 0.3 is 6.18 Å². The lowest BCUT2D eigenvalue weighted by Gasteiger charge is -2.07. The average molecular weight is 212 g/mol. The summed E-state index contributed by atoms with van der Waals surface area (Å²) >= 11 is 0. The SMILES string of the molecule is Cc1cc(C(F)(F)F)ccc1C#CC=O. The largest absolute Gasteiger partial charge is 0.416 e. The lowest BCUT2D eigenvalue weighted by molar-refractivity contribution is -0.137. The number of hydrogen-bond donors (Lipinski definition) is 0. The van der Waals surface area contributed by atoms with Crippen LogP contribution in [0.1, 0.15) is 16.7 Å². The first-order chi connectivity index (χ1) is 6.95. The molecule has 0 saturated carbocycles. The molecule has 1 aromatic carbocycles. The monoisotopic (exact) mass is 212 g/mol. The molecule has 0 unspecified atom stereocenters. The van der Waals surface area contributed by atoms with Crippen LogP contribution in [0.25, 0.3) is 0 Å². The minimum Gasteiger partial charge on any atom is -0.289 e. The van der Waals surface area contributed by atoms with Crippen LogP contribution in [-0.4, -0.2) is 6.29 Å². The molecule has 15 heavy (non-hydrogen) atoms. The molecule has 0 aliphatic rings. The highest BCUT2D eigenvalue weighted by atomic mass is 19.4. The summed E-state index contributed by atoms with van der Waals surface area (Å²) in [6, 6.07) is 3.21. The Kier molecular flexibility index (Phi) is 3.15. The minimum absolute atomic E-state index is 0.400. The van der Waals surface area contributed by atoms with Crippen molar-refractivity contribution in [3.8, 4) is 11.8 Å². The zero-order chi connectivity index (χ0) is 11.5. The Bertz CT molecular complexity index is 435. The maximum absolute atomic E-state index is 12.3. The van der Waals surface area contributed by atoms with Crippen LogP contribution in [0, 0.1) is 18.8 Å². The van der Waals surface area contributed by atoms with Gasteiger partial charge in [-0.1, -0.05) is 5.92 Å². The van der Waals surface area contributed by atoms with Gasteiger partial charge in [-0.3, -0.25) is 4.79 Å². The van der Waals surface area contributed by atoms with E-state index in [-0.39, 0.29) is 0 Å². The Morgan fingerprint density at radius 2 is 2.00 bits per heavy atom. The summed E-state index contributed by atoms with van der Waals surface area (Å²) in [4.78, 5) is 9.96. The molecule has 0 radical (unpaired) electrons. The second-order valence-electron chi connectivity index (χ2n) is 2.91. The van der Waals surface area contributed by atoms with Gasteiger partial charge in [0.2, 0.25) is 0 Å². The zero-order valence-electron chi connectivity index (χ0n) is 7.85. The van der Waals surface area contributed by atoms with E-state index in [1.54, 1.807) is 0 Å². The number of carbonyl (C=O) groups is 1. The van der Waals surface area contributed by atoms with E-state index in [1.165, 1.54) is 13.0 Å². The van der Waals surface area contributed by atoms with Gasteiger partial charge in [-0.25, -0.2) is 0 Å². The van der Waals surface area contributed by atoms with E-state index in [0.717, 1.165) is 12.1 Å². The standard InChI is InChI=1S/C11H7F3O/c1-8-7-10(11(12,13)14)5-4-9(8)3-2-6-15/h4-7H,1H3. The maximum Gasteiger partial charge on any atom is 0.416 e. The molecule has 4 heteroatoms. The average Bonchev–Trinajstić information content (AvgIpc) is 2.14. The van der Waals surface area contributed by atoms with Crippen molar-refractivity contribution >= 4 is 6.29 Å². The van der Waals surface area contributed by atoms with Crippen molar-refractivity contribution in [1.29, 1.82) is 0 Å². The molecule has 78 valence electrons. The first-order valence-corrected chi connectivity index (χ1v) is 4.08. The van der Waals surface area contributed by atoms with Gasteiger partial charge in [0, 0.05) is 5.56 Å². The lowest BCUT2D eigenvalue weighted by Crippen LogP contribution is -2.05. The summed E-state index contributed by atoms with van der Waals surface area (Å²) in [6.45, 7) is 1.52. The quantitative estimate of drug-likeness (QED) is 0.477. The predicted octanol–water partition coefficient (Wildman–Crippen LogP) is 2.56. The molecule has 0 bridgehead atoms. The Morgan fingerprint density at radius 1 is 1.33 bits per heavy atom. The highest BCUT2D eigenvalue weighted by molar-refractivity contribution is 5.74. The van der Waals surface area contributed by atoms with Gasteiger partial charge in [-0.05, 0) is 36.6 Å². The van der Waals surface area contributed by atoms with Gasteiger partial charge in [-0.2, -0.15) is 13.2 Å². The van der Waals surface area contributed by atoms with Gasteiger partial charge in [0.15, 0.2) is 6.29 Å². The first kappa shape index (κ1) is 11.3. The number of carbonyl (C=O) groups excluding carboxylic acids is 1. The van der Waals surface area contributed by atoms with Crippen LogP contribution in [0.15, 0.2) is 18.2 Å². The van der Waals surface area contributed by atoms with Gasteiger partial charge in [0.05, 0.1) is 5.56 Å². The summed E-state index contributed by atoms with van der Waals surface area (Å²) in [5.41, 5.74) is 0.117. The molecular formula is C11H7F3O. The van der Waals surface area contributed by atoms with E-state index in [4.69, 9.17) is 0 Å². The molecule has 1 aromatic rings. The van der Waals surface area contributed by atoms with Crippen LogP contribution in [-0.2, 0) is 11.0 Å². The molecule has 0 atom stereocenters. The zero-order valence-corrected chi connectivity index (χ0v) is 7.85. The van der Waals surface area contributed by atoms with Crippen molar-refractivity contribution < 1.29 is 18.0 Å². The maximum atomic E-state index is 12.3. The molecule has 0 amide bonds. The number of aldehydes is 1. The van der Waals surface area contributed by atoms with Crippen LogP contribution in [0.3, 0.4) is 0 Å². The fourth-order valence-corrected chi connectivity index (χ4v) is 1.09. The van der Waals surface area contributed by atoms with E-state index in [9.17, 15) is 18.0 Å². The second-order valence-corrected chi connectivity index (χ2v) is 2.91. The van der Waals surface area contributed by atoms with E-state index in [1.807, 2.05) is 0 Å². The van der Waals surface area contributed by atoms with Crippen molar-refractivity contribution in [2.45, 2.75) is 13.1 Å². The third-order valence-electron chi connectivity index (χ3n) is 1.82. The molecule has 1 rings (SSSR count). The molecule has 0 fully saturated rings. The van der Waals surface area contributed by atoms with Crippen molar-refractivity contribution in [2.75, 3.05) is 0 Å². The molecule has 0 aliphatic heterocycles. The normalized spacial score (nSPS) is 10.4. The van der Waals surface area contributed by atoms with Crippen molar-refractivity contribution in [1.82, 2.24) is 0 Å². The summed E-state index contributed by atoms with van der Waals surface area (Å²) in [5, 5.41) is 0. The Labute approximate surface area is 84.9 Å². The van der Waals surface area contributed by atoms with Crippen molar-refractivity contribution in [3.05, 3.63) is 34.9 Å². The molecular weight excluding hydrogens is 205 g/mol. The van der Waals surface area contributed by atoms with Crippen LogP contribution < -0.4 is 0 Å². The minimum atomic E-state index is -4.35. The van der Waals surface area contributed by atoms with Crippen LogP contribution in [0.2, 0.25) is 0 Å². The fraction of sp³-hybridized carbons (Fsp3) is 0.182. The number of alkyl halides is 3. The van der Waals surface area contributed by atoms with Gasteiger partial charge < -0.3 is 0 Å². The number of rotatable bonds is 0. The Hall–Kier alpha value is -1.76. The summed E-state index contributed by atoms with van der Waals surface area (Å²) < 4.78 is 36.8. The smallest absolute Gasteiger partial charge is 0.289 e. The summed E-state index contributed by atoms with van der Waals surface area (Å²) in [6.07, 6.45) is -3.95. The van der Waals surface area contributed by atoms with Gasteiger partial charge in [0.1, 0.15) is 0 Å². The van der Waals surface area contributed by atoms with Crippen LogP contribution in [0.5, 0.6) is 0 Å². The van der Waals surface area contributed by atoms with Crippen molar-refractivity contribution in [2.24, 2.45) is 0 Å². The summed E-state index contributed by atoms with van der Waals surface area (Å²) in [7, 11) is 0.